The van der Waals surface area contributed by atoms with Gasteiger partial charge in [0.05, 0.1) is 5.69 Å². The summed E-state index contributed by atoms with van der Waals surface area (Å²) in [6.45, 7) is 4.81. The number of carbonyl (C=O) groups is 1. The fourth-order valence-electron chi connectivity index (χ4n) is 1.58. The second-order valence-corrected chi connectivity index (χ2v) is 4.08. The maximum atomic E-state index is 11.7. The molecule has 0 aliphatic heterocycles. The first-order valence-electron chi connectivity index (χ1n) is 5.73. The Morgan fingerprint density at radius 1 is 1.47 bits per heavy atom. The fraction of sp³-hybridized carbons (Fsp3) is 0.500. The highest BCUT2D eigenvalue weighted by molar-refractivity contribution is 5.90. The largest absolute Gasteiger partial charge is 0.325 e. The van der Waals surface area contributed by atoms with Gasteiger partial charge < -0.3 is 15.2 Å². The number of anilines is 1. The summed E-state index contributed by atoms with van der Waals surface area (Å²) >= 11 is 0. The highest BCUT2D eigenvalue weighted by atomic mass is 16.1. The zero-order valence-electron chi connectivity index (χ0n) is 10.5. The van der Waals surface area contributed by atoms with Crippen LogP contribution in [0.4, 0.5) is 5.69 Å². The molecular formula is C12H19N3O2. The van der Waals surface area contributed by atoms with Crippen LogP contribution >= 0.6 is 0 Å². The van der Waals surface area contributed by atoms with Crippen LogP contribution in [-0.2, 0) is 11.8 Å². The summed E-state index contributed by atoms with van der Waals surface area (Å²) < 4.78 is 1.43. The second kappa shape index (κ2) is 6.20. The van der Waals surface area contributed by atoms with E-state index in [1.807, 2.05) is 13.8 Å². The van der Waals surface area contributed by atoms with E-state index in [-0.39, 0.29) is 17.5 Å². The van der Waals surface area contributed by atoms with Crippen LogP contribution in [0.25, 0.3) is 0 Å². The number of aromatic nitrogens is 1. The molecule has 17 heavy (non-hydrogen) atoms. The van der Waals surface area contributed by atoms with Crippen LogP contribution in [0.2, 0.25) is 0 Å². The van der Waals surface area contributed by atoms with Crippen molar-refractivity contribution in [1.29, 1.82) is 0 Å². The number of aryl methyl sites for hydroxylation is 1. The number of nitrogens with zero attached hydrogens (tertiary/aromatic N) is 1. The topological polar surface area (TPSA) is 63.1 Å². The quantitative estimate of drug-likeness (QED) is 0.793. The van der Waals surface area contributed by atoms with Crippen LogP contribution in [-0.4, -0.2) is 23.1 Å². The van der Waals surface area contributed by atoms with Gasteiger partial charge in [-0.3, -0.25) is 9.59 Å². The molecule has 0 radical (unpaired) electrons. The molecule has 0 aliphatic carbocycles. The Balaban J connectivity index is 2.56. The molecule has 0 saturated heterocycles. The summed E-state index contributed by atoms with van der Waals surface area (Å²) in [5, 5.41) is 5.93. The van der Waals surface area contributed by atoms with Crippen LogP contribution in [0.3, 0.4) is 0 Å². The maximum absolute atomic E-state index is 11.7. The molecule has 0 aromatic carbocycles. The number of rotatable bonds is 5. The van der Waals surface area contributed by atoms with Crippen molar-refractivity contribution in [3.05, 3.63) is 28.7 Å². The highest BCUT2D eigenvalue weighted by Gasteiger charge is 2.08. The predicted octanol–water partition coefficient (Wildman–Crippen LogP) is 0.712. The molecule has 1 aromatic rings. The minimum Gasteiger partial charge on any atom is -0.325 e. The molecule has 0 spiro atoms. The first kappa shape index (κ1) is 13.4. The minimum atomic E-state index is -0.0935. The number of pyridine rings is 1. The molecule has 1 aromatic heterocycles. The smallest absolute Gasteiger partial charge is 0.250 e. The molecule has 1 amide bonds. The van der Waals surface area contributed by atoms with E-state index in [2.05, 4.69) is 10.6 Å². The second-order valence-electron chi connectivity index (χ2n) is 4.08. The summed E-state index contributed by atoms with van der Waals surface area (Å²) in [5.74, 6) is -0.0582. The normalized spacial score (nSPS) is 12.2. The van der Waals surface area contributed by atoms with Gasteiger partial charge in [-0.2, -0.15) is 0 Å². The van der Waals surface area contributed by atoms with Gasteiger partial charge in [0.15, 0.2) is 0 Å². The number of hydrogen-bond acceptors (Lipinski definition) is 3. The Bertz CT molecular complexity index is 440. The van der Waals surface area contributed by atoms with Crippen molar-refractivity contribution in [3.63, 3.8) is 0 Å². The molecule has 1 heterocycles. The Kier molecular flexibility index (Phi) is 4.90. The molecule has 0 aliphatic rings. The SMILES string of the molecule is CCNC(C)CC(=O)Nc1ccc(=O)n(C)c1. The number of carbonyl (C=O) groups excluding carboxylic acids is 1. The Morgan fingerprint density at radius 2 is 2.18 bits per heavy atom. The van der Waals surface area contributed by atoms with Crippen molar-refractivity contribution < 1.29 is 4.79 Å². The molecule has 1 atom stereocenters. The van der Waals surface area contributed by atoms with E-state index in [0.29, 0.717) is 12.1 Å². The predicted molar refractivity (Wildman–Crippen MR) is 68.1 cm³/mol. The van der Waals surface area contributed by atoms with Gasteiger partial charge in [0.1, 0.15) is 0 Å². The lowest BCUT2D eigenvalue weighted by atomic mass is 10.2. The molecule has 1 rings (SSSR count). The molecule has 5 heteroatoms. The van der Waals surface area contributed by atoms with E-state index >= 15 is 0 Å². The van der Waals surface area contributed by atoms with E-state index in [1.54, 1.807) is 19.3 Å². The third kappa shape index (κ3) is 4.40. The van der Waals surface area contributed by atoms with Crippen molar-refractivity contribution in [3.8, 4) is 0 Å². The van der Waals surface area contributed by atoms with Gasteiger partial charge in [-0.25, -0.2) is 0 Å². The van der Waals surface area contributed by atoms with Crippen LogP contribution in [0.1, 0.15) is 20.3 Å². The lowest BCUT2D eigenvalue weighted by Crippen LogP contribution is -2.30. The van der Waals surface area contributed by atoms with Crippen LogP contribution in [0, 0.1) is 0 Å². The summed E-state index contributed by atoms with van der Waals surface area (Å²) in [5.41, 5.74) is 0.546. The summed E-state index contributed by atoms with van der Waals surface area (Å²) in [6.07, 6.45) is 2.02. The molecule has 0 saturated carbocycles. The fourth-order valence-corrected chi connectivity index (χ4v) is 1.58. The summed E-state index contributed by atoms with van der Waals surface area (Å²) in [4.78, 5) is 22.8. The highest BCUT2D eigenvalue weighted by Crippen LogP contribution is 2.04. The standard InChI is InChI=1S/C12H19N3O2/c1-4-13-9(2)7-11(16)14-10-5-6-12(17)15(3)8-10/h5-6,8-9,13H,4,7H2,1-3H3,(H,14,16). The molecule has 1 unspecified atom stereocenters. The zero-order valence-corrected chi connectivity index (χ0v) is 10.5. The minimum absolute atomic E-state index is 0.0582. The van der Waals surface area contributed by atoms with E-state index in [0.717, 1.165) is 6.54 Å². The van der Waals surface area contributed by atoms with Crippen molar-refractivity contribution >= 4 is 11.6 Å². The van der Waals surface area contributed by atoms with Gasteiger partial charge in [0, 0.05) is 31.8 Å². The van der Waals surface area contributed by atoms with Gasteiger partial charge in [-0.05, 0) is 19.5 Å². The molecule has 0 fully saturated rings. The van der Waals surface area contributed by atoms with Crippen molar-refractivity contribution in [2.24, 2.45) is 7.05 Å². The van der Waals surface area contributed by atoms with Gasteiger partial charge >= 0.3 is 0 Å². The molecular weight excluding hydrogens is 218 g/mol. The average Bonchev–Trinajstić information content (AvgIpc) is 2.23. The molecule has 0 bridgehead atoms. The van der Waals surface area contributed by atoms with Crippen molar-refractivity contribution in [2.45, 2.75) is 26.3 Å². The van der Waals surface area contributed by atoms with E-state index in [9.17, 15) is 9.59 Å². The zero-order chi connectivity index (χ0) is 12.8. The van der Waals surface area contributed by atoms with Gasteiger partial charge in [-0.1, -0.05) is 6.92 Å². The van der Waals surface area contributed by atoms with Crippen LogP contribution in [0.5, 0.6) is 0 Å². The van der Waals surface area contributed by atoms with Gasteiger partial charge in [-0.15, -0.1) is 0 Å². The average molecular weight is 237 g/mol. The van der Waals surface area contributed by atoms with Crippen LogP contribution in [0.15, 0.2) is 23.1 Å². The Labute approximate surface area is 101 Å². The first-order chi connectivity index (χ1) is 8.02. The molecule has 2 N–H and O–H groups in total. The van der Waals surface area contributed by atoms with E-state index in [1.165, 1.54) is 10.6 Å². The molecule has 5 nitrogen and oxygen atoms in total. The summed E-state index contributed by atoms with van der Waals surface area (Å²) in [7, 11) is 1.65. The Hall–Kier alpha value is -1.62. The number of hydrogen-bond donors (Lipinski definition) is 2. The Morgan fingerprint density at radius 3 is 2.76 bits per heavy atom. The van der Waals surface area contributed by atoms with Crippen LogP contribution < -0.4 is 16.2 Å². The van der Waals surface area contributed by atoms with Gasteiger partial charge in [0.2, 0.25) is 11.5 Å². The third-order valence-electron chi connectivity index (χ3n) is 2.41. The maximum Gasteiger partial charge on any atom is 0.250 e. The number of nitrogens with one attached hydrogen (secondary N) is 2. The van der Waals surface area contributed by atoms with Gasteiger partial charge in [0.25, 0.3) is 0 Å². The lowest BCUT2D eigenvalue weighted by molar-refractivity contribution is -0.116. The lowest BCUT2D eigenvalue weighted by Gasteiger charge is -2.12. The van der Waals surface area contributed by atoms with E-state index < -0.39 is 0 Å². The molecule has 94 valence electrons. The third-order valence-corrected chi connectivity index (χ3v) is 2.41. The number of amides is 1. The van der Waals surface area contributed by atoms with E-state index in [4.69, 9.17) is 0 Å². The first-order valence-corrected chi connectivity index (χ1v) is 5.73. The monoisotopic (exact) mass is 237 g/mol. The van der Waals surface area contributed by atoms with Crippen molar-refractivity contribution in [1.82, 2.24) is 9.88 Å². The summed E-state index contributed by atoms with van der Waals surface area (Å²) in [6, 6.07) is 3.19. The van der Waals surface area contributed by atoms with Crippen molar-refractivity contribution in [2.75, 3.05) is 11.9 Å².